The van der Waals surface area contributed by atoms with E-state index in [4.69, 9.17) is 5.73 Å². The predicted octanol–water partition coefficient (Wildman–Crippen LogP) is 0.903. The van der Waals surface area contributed by atoms with Gasteiger partial charge in [0.1, 0.15) is 0 Å². The number of fused-ring (bicyclic) bond motifs is 4. The second-order valence-corrected chi connectivity index (χ2v) is 6.33. The van der Waals surface area contributed by atoms with Crippen molar-refractivity contribution in [1.29, 1.82) is 0 Å². The molecule has 2 aliphatic rings. The molecule has 4 heterocycles. The summed E-state index contributed by atoms with van der Waals surface area (Å²) in [6.07, 6.45) is 1.15. The van der Waals surface area contributed by atoms with Crippen LogP contribution in [0.4, 0.5) is 5.95 Å². The Balaban J connectivity index is 1.86. The third-order valence-electron chi connectivity index (χ3n) is 4.63. The van der Waals surface area contributed by atoms with E-state index >= 15 is 0 Å². The van der Waals surface area contributed by atoms with Gasteiger partial charge in [-0.25, -0.2) is 9.97 Å². The van der Waals surface area contributed by atoms with Crippen LogP contribution in [-0.2, 0) is 6.54 Å². The summed E-state index contributed by atoms with van der Waals surface area (Å²) in [7, 11) is 0. The number of anilines is 1. The Morgan fingerprint density at radius 2 is 2.14 bits per heavy atom. The van der Waals surface area contributed by atoms with Crippen LogP contribution in [0.1, 0.15) is 23.7 Å². The van der Waals surface area contributed by atoms with Crippen molar-refractivity contribution in [2.75, 3.05) is 18.8 Å². The largest absolute Gasteiger partial charge is 0.368 e. The highest BCUT2D eigenvalue weighted by molar-refractivity contribution is 5.61. The van der Waals surface area contributed by atoms with Gasteiger partial charge in [-0.2, -0.15) is 0 Å². The highest BCUT2D eigenvalue weighted by Crippen LogP contribution is 2.33. The van der Waals surface area contributed by atoms with Crippen molar-refractivity contribution in [3.8, 4) is 11.3 Å². The molecule has 4 rings (SSSR count). The molecule has 0 aliphatic carbocycles. The minimum absolute atomic E-state index is 0.0546. The van der Waals surface area contributed by atoms with Crippen molar-refractivity contribution >= 4 is 5.95 Å². The summed E-state index contributed by atoms with van der Waals surface area (Å²) in [4.78, 5) is 20.9. The van der Waals surface area contributed by atoms with E-state index in [0.717, 1.165) is 48.7 Å². The first-order valence-electron chi connectivity index (χ1n) is 7.67. The van der Waals surface area contributed by atoms with Crippen molar-refractivity contribution in [3.05, 3.63) is 39.9 Å². The summed E-state index contributed by atoms with van der Waals surface area (Å²) < 4.78 is 1.93. The molecule has 6 heteroatoms. The van der Waals surface area contributed by atoms with Gasteiger partial charge in [0, 0.05) is 42.0 Å². The van der Waals surface area contributed by atoms with E-state index in [1.54, 1.807) is 6.07 Å². The Morgan fingerprint density at radius 1 is 1.27 bits per heavy atom. The summed E-state index contributed by atoms with van der Waals surface area (Å²) in [5.74, 6) is 1.21. The number of aromatic nitrogens is 3. The first-order valence-corrected chi connectivity index (χ1v) is 7.67. The van der Waals surface area contributed by atoms with Crippen LogP contribution >= 0.6 is 0 Å². The molecule has 0 saturated carbocycles. The van der Waals surface area contributed by atoms with Crippen molar-refractivity contribution in [2.45, 2.75) is 25.8 Å². The third kappa shape index (κ3) is 2.20. The van der Waals surface area contributed by atoms with E-state index in [1.807, 2.05) is 17.6 Å². The minimum Gasteiger partial charge on any atom is -0.368 e. The summed E-state index contributed by atoms with van der Waals surface area (Å²) in [6, 6.07) is 5.63. The molecule has 0 amide bonds. The summed E-state index contributed by atoms with van der Waals surface area (Å²) in [5, 5.41) is 3.46. The molecule has 1 saturated heterocycles. The van der Waals surface area contributed by atoms with E-state index < -0.39 is 0 Å². The molecule has 0 spiro atoms. The van der Waals surface area contributed by atoms with Crippen LogP contribution in [0.15, 0.2) is 23.0 Å². The molecule has 22 heavy (non-hydrogen) atoms. The third-order valence-corrected chi connectivity index (χ3v) is 4.63. The standard InChI is InChI=1S/C16H19N5O/c1-9-2-13(20-16(17)19-9)11-4-14-12-3-10(6-18-7-12)8-21(14)15(22)5-11/h2,4-5,10,12,18H,3,6-8H2,1H3,(H2,17,19,20)/t10-,12+/m0/s1. The van der Waals surface area contributed by atoms with E-state index in [2.05, 4.69) is 21.4 Å². The van der Waals surface area contributed by atoms with Gasteiger partial charge < -0.3 is 15.6 Å². The first kappa shape index (κ1) is 13.5. The highest BCUT2D eigenvalue weighted by Gasteiger charge is 2.31. The van der Waals surface area contributed by atoms with Gasteiger partial charge in [0.15, 0.2) is 0 Å². The Labute approximate surface area is 128 Å². The molecule has 1 fully saturated rings. The van der Waals surface area contributed by atoms with Gasteiger partial charge in [0.05, 0.1) is 5.69 Å². The van der Waals surface area contributed by atoms with Gasteiger partial charge in [-0.3, -0.25) is 4.79 Å². The molecule has 2 aromatic heterocycles. The lowest BCUT2D eigenvalue weighted by molar-refractivity contribution is 0.257. The normalized spacial score (nSPS) is 23.1. The Morgan fingerprint density at radius 3 is 2.95 bits per heavy atom. The average Bonchev–Trinajstić information content (AvgIpc) is 2.47. The Kier molecular flexibility index (Phi) is 3.00. The number of nitrogens with zero attached hydrogens (tertiary/aromatic N) is 3. The topological polar surface area (TPSA) is 85.8 Å². The molecule has 0 aromatic carbocycles. The number of nitrogens with one attached hydrogen (secondary N) is 1. The van der Waals surface area contributed by atoms with Gasteiger partial charge in [-0.05, 0) is 37.9 Å². The van der Waals surface area contributed by atoms with Crippen LogP contribution in [0.5, 0.6) is 0 Å². The molecule has 2 atom stereocenters. The fourth-order valence-corrected chi connectivity index (χ4v) is 3.69. The van der Waals surface area contributed by atoms with E-state index in [1.165, 1.54) is 0 Å². The smallest absolute Gasteiger partial charge is 0.251 e. The van der Waals surface area contributed by atoms with Crippen molar-refractivity contribution < 1.29 is 0 Å². The molecular weight excluding hydrogens is 278 g/mol. The van der Waals surface area contributed by atoms with Crippen LogP contribution in [0.3, 0.4) is 0 Å². The SMILES string of the molecule is Cc1cc(-c2cc3n(c(=O)c2)C[C@@H]2CNC[C@H]3C2)nc(N)n1. The van der Waals surface area contributed by atoms with Crippen LogP contribution in [-0.4, -0.2) is 27.6 Å². The second-order valence-electron chi connectivity index (χ2n) is 6.33. The second kappa shape index (κ2) is 4.91. The number of rotatable bonds is 1. The maximum Gasteiger partial charge on any atom is 0.251 e. The van der Waals surface area contributed by atoms with Crippen molar-refractivity contribution in [2.24, 2.45) is 5.92 Å². The monoisotopic (exact) mass is 297 g/mol. The fraction of sp³-hybridized carbons (Fsp3) is 0.438. The molecule has 2 aromatic rings. The fourth-order valence-electron chi connectivity index (χ4n) is 3.69. The molecule has 2 aliphatic heterocycles. The first-order chi connectivity index (χ1) is 10.6. The number of pyridine rings is 1. The summed E-state index contributed by atoms with van der Waals surface area (Å²) in [6.45, 7) is 4.63. The van der Waals surface area contributed by atoms with Crippen LogP contribution in [0.25, 0.3) is 11.3 Å². The Bertz CT molecular complexity index is 777. The van der Waals surface area contributed by atoms with E-state index in [-0.39, 0.29) is 11.5 Å². The number of hydrogen-bond donors (Lipinski definition) is 2. The lowest BCUT2D eigenvalue weighted by atomic mass is 9.83. The van der Waals surface area contributed by atoms with Crippen molar-refractivity contribution in [3.63, 3.8) is 0 Å². The van der Waals surface area contributed by atoms with E-state index in [9.17, 15) is 4.79 Å². The molecule has 2 bridgehead atoms. The average molecular weight is 297 g/mol. The Hall–Kier alpha value is -2.21. The van der Waals surface area contributed by atoms with Crippen LogP contribution in [0.2, 0.25) is 0 Å². The van der Waals surface area contributed by atoms with Gasteiger partial charge >= 0.3 is 0 Å². The van der Waals surface area contributed by atoms with Gasteiger partial charge in [0.2, 0.25) is 5.95 Å². The predicted molar refractivity (Wildman–Crippen MR) is 84.6 cm³/mol. The number of aryl methyl sites for hydroxylation is 1. The quantitative estimate of drug-likeness (QED) is 0.817. The molecule has 6 nitrogen and oxygen atoms in total. The molecule has 114 valence electrons. The highest BCUT2D eigenvalue weighted by atomic mass is 16.1. The maximum absolute atomic E-state index is 12.5. The summed E-state index contributed by atoms with van der Waals surface area (Å²) in [5.41, 5.74) is 9.26. The van der Waals surface area contributed by atoms with Crippen LogP contribution in [0, 0.1) is 12.8 Å². The van der Waals surface area contributed by atoms with Gasteiger partial charge in [-0.1, -0.05) is 0 Å². The lowest BCUT2D eigenvalue weighted by Crippen LogP contribution is -2.44. The number of piperidine rings is 1. The van der Waals surface area contributed by atoms with E-state index in [0.29, 0.717) is 11.8 Å². The maximum atomic E-state index is 12.5. The van der Waals surface area contributed by atoms with Crippen LogP contribution < -0.4 is 16.6 Å². The number of nitrogens with two attached hydrogens (primary N) is 1. The number of hydrogen-bond acceptors (Lipinski definition) is 5. The molecule has 3 N–H and O–H groups in total. The zero-order valence-electron chi connectivity index (χ0n) is 12.5. The van der Waals surface area contributed by atoms with Gasteiger partial charge in [0.25, 0.3) is 5.56 Å². The zero-order valence-corrected chi connectivity index (χ0v) is 12.5. The van der Waals surface area contributed by atoms with Gasteiger partial charge in [-0.15, -0.1) is 0 Å². The lowest BCUT2D eigenvalue weighted by Gasteiger charge is -2.37. The minimum atomic E-state index is 0.0546. The summed E-state index contributed by atoms with van der Waals surface area (Å²) >= 11 is 0. The van der Waals surface area contributed by atoms with Crippen molar-refractivity contribution in [1.82, 2.24) is 19.9 Å². The molecular formula is C16H19N5O. The number of nitrogen functional groups attached to an aromatic ring is 1. The molecule has 0 radical (unpaired) electrons. The zero-order chi connectivity index (χ0) is 15.3. The molecule has 0 unspecified atom stereocenters.